The lowest BCUT2D eigenvalue weighted by atomic mass is 10.2. The van der Waals surface area contributed by atoms with Crippen molar-refractivity contribution in [3.05, 3.63) is 59.7 Å². The largest absolute Gasteiger partial charge is 0.423 e. The molecule has 0 fully saturated rings. The Labute approximate surface area is 112 Å². The molecule has 0 amide bonds. The van der Waals surface area contributed by atoms with Crippen molar-refractivity contribution in [2.24, 2.45) is 0 Å². The molecule has 0 aliphatic carbocycles. The van der Waals surface area contributed by atoms with Crippen molar-refractivity contribution in [2.75, 3.05) is 0 Å². The maximum absolute atomic E-state index is 5.19. The smallest absolute Gasteiger partial charge is 0.247 e. The third-order valence-corrected chi connectivity index (χ3v) is 3.07. The first-order chi connectivity index (χ1) is 8.83. The summed E-state index contributed by atoms with van der Waals surface area (Å²) in [5, 5.41) is 7.58. The van der Waals surface area contributed by atoms with Crippen LogP contribution in [0.1, 0.15) is 0 Å². The average molecular weight is 303 g/mol. The molecule has 3 aromatic rings. The van der Waals surface area contributed by atoms with E-state index in [0.29, 0.717) is 5.89 Å². The molecule has 0 spiro atoms. The highest BCUT2D eigenvalue weighted by molar-refractivity contribution is 9.10. The van der Waals surface area contributed by atoms with Gasteiger partial charge in [0.1, 0.15) is 0 Å². The molecule has 3 rings (SSSR count). The quantitative estimate of drug-likeness (QED) is 0.684. The van der Waals surface area contributed by atoms with Gasteiger partial charge in [0.15, 0.2) is 12.4 Å². The Kier molecular flexibility index (Phi) is 2.90. The number of halogens is 1. The van der Waals surface area contributed by atoms with Crippen molar-refractivity contribution in [1.29, 1.82) is 0 Å². The van der Waals surface area contributed by atoms with Crippen molar-refractivity contribution in [2.45, 2.75) is 0 Å². The molecular weight excluding hydrogens is 294 g/mol. The van der Waals surface area contributed by atoms with Gasteiger partial charge in [-0.1, -0.05) is 22.0 Å². The molecule has 0 bridgehead atoms. The van der Waals surface area contributed by atoms with Crippen LogP contribution in [0.25, 0.3) is 17.1 Å². The molecule has 0 N–H and O–H groups in total. The molecule has 18 heavy (non-hydrogen) atoms. The summed E-state index contributed by atoms with van der Waals surface area (Å²) in [7, 11) is 0. The van der Waals surface area contributed by atoms with Crippen molar-refractivity contribution in [1.82, 2.24) is 10.2 Å². The van der Waals surface area contributed by atoms with E-state index in [1.54, 1.807) is 0 Å². The lowest BCUT2D eigenvalue weighted by molar-refractivity contribution is -0.595. The van der Waals surface area contributed by atoms with Crippen molar-refractivity contribution in [3.8, 4) is 17.1 Å². The van der Waals surface area contributed by atoms with Crippen LogP contribution in [0.4, 0.5) is 0 Å². The molecule has 0 aliphatic heterocycles. The van der Waals surface area contributed by atoms with Crippen molar-refractivity contribution >= 4 is 15.9 Å². The Morgan fingerprint density at radius 1 is 1.11 bits per heavy atom. The van der Waals surface area contributed by atoms with Crippen LogP contribution in [0.15, 0.2) is 64.1 Å². The summed E-state index contributed by atoms with van der Waals surface area (Å²) in [4.78, 5) is 0. The van der Waals surface area contributed by atoms with Gasteiger partial charge >= 0.3 is 0 Å². The standard InChI is InChI=1S/C13H9BrN3O/c14-11-4-6-17(7-5-11)12-3-1-2-10(8-12)13-16-15-9-18-13/h1-9H/q+1. The Balaban J connectivity index is 2.03. The van der Waals surface area contributed by atoms with E-state index in [0.717, 1.165) is 15.7 Å². The zero-order chi connectivity index (χ0) is 12.4. The van der Waals surface area contributed by atoms with Crippen LogP contribution in [0.2, 0.25) is 0 Å². The Morgan fingerprint density at radius 2 is 1.94 bits per heavy atom. The van der Waals surface area contributed by atoms with Crippen molar-refractivity contribution < 1.29 is 8.98 Å². The summed E-state index contributed by atoms with van der Waals surface area (Å²) in [5.74, 6) is 0.523. The highest BCUT2D eigenvalue weighted by atomic mass is 79.9. The van der Waals surface area contributed by atoms with Crippen LogP contribution in [-0.4, -0.2) is 10.2 Å². The summed E-state index contributed by atoms with van der Waals surface area (Å²) in [6.45, 7) is 0. The average Bonchev–Trinajstić information content (AvgIpc) is 2.94. The monoisotopic (exact) mass is 302 g/mol. The maximum atomic E-state index is 5.19. The zero-order valence-corrected chi connectivity index (χ0v) is 10.9. The fraction of sp³-hybridized carbons (Fsp3) is 0. The van der Waals surface area contributed by atoms with Gasteiger partial charge < -0.3 is 4.42 Å². The lowest BCUT2D eigenvalue weighted by Crippen LogP contribution is -2.28. The van der Waals surface area contributed by atoms with Crippen LogP contribution in [0, 0.1) is 0 Å². The molecule has 1 aromatic carbocycles. The molecule has 88 valence electrons. The first-order valence-corrected chi connectivity index (χ1v) is 6.16. The fourth-order valence-electron chi connectivity index (χ4n) is 1.68. The third-order valence-electron chi connectivity index (χ3n) is 2.54. The van der Waals surface area contributed by atoms with Crippen LogP contribution in [0.3, 0.4) is 0 Å². The number of hydrogen-bond acceptors (Lipinski definition) is 3. The number of pyridine rings is 1. The van der Waals surface area contributed by atoms with Gasteiger partial charge in [0.05, 0.1) is 0 Å². The Bertz CT molecular complexity index is 650. The number of benzene rings is 1. The first-order valence-electron chi connectivity index (χ1n) is 5.37. The van der Waals surface area contributed by atoms with Crippen molar-refractivity contribution in [3.63, 3.8) is 0 Å². The second kappa shape index (κ2) is 4.70. The second-order valence-corrected chi connectivity index (χ2v) is 4.63. The van der Waals surface area contributed by atoms with Gasteiger partial charge in [0.2, 0.25) is 18.0 Å². The highest BCUT2D eigenvalue weighted by Crippen LogP contribution is 2.17. The molecular formula is C13H9BrN3O+. The minimum atomic E-state index is 0.523. The second-order valence-electron chi connectivity index (χ2n) is 3.72. The third kappa shape index (κ3) is 2.17. The molecule has 2 heterocycles. The van der Waals surface area contributed by atoms with Crippen LogP contribution in [-0.2, 0) is 0 Å². The van der Waals surface area contributed by atoms with E-state index in [4.69, 9.17) is 4.42 Å². The Morgan fingerprint density at radius 3 is 2.67 bits per heavy atom. The molecule has 0 aliphatic rings. The molecule has 0 saturated carbocycles. The maximum Gasteiger partial charge on any atom is 0.247 e. The number of aromatic nitrogens is 3. The molecule has 5 heteroatoms. The molecule has 0 saturated heterocycles. The topological polar surface area (TPSA) is 42.8 Å². The van der Waals surface area contributed by atoms with E-state index in [-0.39, 0.29) is 0 Å². The van der Waals surface area contributed by atoms with E-state index in [1.807, 2.05) is 53.4 Å². The summed E-state index contributed by atoms with van der Waals surface area (Å²) in [6, 6.07) is 11.9. The number of rotatable bonds is 2. The summed E-state index contributed by atoms with van der Waals surface area (Å²) >= 11 is 3.42. The number of nitrogens with zero attached hydrogens (tertiary/aromatic N) is 3. The number of hydrogen-bond donors (Lipinski definition) is 0. The molecule has 0 radical (unpaired) electrons. The predicted molar refractivity (Wildman–Crippen MR) is 69.0 cm³/mol. The van der Waals surface area contributed by atoms with Gasteiger partial charge in [0, 0.05) is 34.3 Å². The van der Waals surface area contributed by atoms with Gasteiger partial charge in [0.25, 0.3) is 0 Å². The lowest BCUT2D eigenvalue weighted by Gasteiger charge is -1.98. The SMILES string of the molecule is Brc1cc[n+](-c2cccc(-c3nnco3)c2)cc1. The zero-order valence-electron chi connectivity index (χ0n) is 9.32. The summed E-state index contributed by atoms with van der Waals surface area (Å²) in [6.07, 6.45) is 5.29. The molecule has 0 atom stereocenters. The van der Waals surface area contributed by atoms with E-state index < -0.39 is 0 Å². The van der Waals surface area contributed by atoms with Gasteiger partial charge in [-0.15, -0.1) is 10.2 Å². The van der Waals surface area contributed by atoms with E-state index in [1.165, 1.54) is 6.39 Å². The van der Waals surface area contributed by atoms with Crippen LogP contribution < -0.4 is 4.57 Å². The highest BCUT2D eigenvalue weighted by Gasteiger charge is 2.09. The minimum Gasteiger partial charge on any atom is -0.423 e. The minimum absolute atomic E-state index is 0.523. The molecule has 4 nitrogen and oxygen atoms in total. The first kappa shape index (κ1) is 11.1. The van der Waals surface area contributed by atoms with Crippen LogP contribution in [0.5, 0.6) is 0 Å². The fourth-order valence-corrected chi connectivity index (χ4v) is 1.92. The predicted octanol–water partition coefficient (Wildman–Crippen LogP) is 2.78. The summed E-state index contributed by atoms with van der Waals surface area (Å²) in [5.41, 5.74) is 1.94. The van der Waals surface area contributed by atoms with Gasteiger partial charge in [-0.05, 0) is 6.07 Å². The van der Waals surface area contributed by atoms with E-state index in [9.17, 15) is 0 Å². The van der Waals surface area contributed by atoms with Crippen LogP contribution >= 0.6 is 15.9 Å². The van der Waals surface area contributed by atoms with Gasteiger partial charge in [-0.2, -0.15) is 4.57 Å². The normalized spacial score (nSPS) is 10.5. The Hall–Kier alpha value is -2.01. The van der Waals surface area contributed by atoms with Gasteiger partial charge in [-0.3, -0.25) is 0 Å². The molecule has 2 aromatic heterocycles. The van der Waals surface area contributed by atoms with Gasteiger partial charge in [-0.25, -0.2) is 0 Å². The van der Waals surface area contributed by atoms with E-state index in [2.05, 4.69) is 26.1 Å². The van der Waals surface area contributed by atoms with E-state index >= 15 is 0 Å². The summed E-state index contributed by atoms with van der Waals surface area (Å²) < 4.78 is 8.26. The molecule has 0 unspecified atom stereocenters.